The average Bonchev–Trinajstić information content (AvgIpc) is 2.26. The van der Waals surface area contributed by atoms with Crippen molar-refractivity contribution in [2.75, 3.05) is 6.54 Å². The van der Waals surface area contributed by atoms with Crippen LogP contribution in [0.5, 0.6) is 0 Å². The minimum Gasteiger partial charge on any atom is -0.368 e. The Morgan fingerprint density at radius 2 is 2.06 bits per heavy atom. The normalized spacial score (nSPS) is 14.6. The summed E-state index contributed by atoms with van der Waals surface area (Å²) in [5.74, 6) is 0.00223. The molecule has 1 amide bonds. The van der Waals surface area contributed by atoms with Gasteiger partial charge in [-0.1, -0.05) is 43.6 Å². The van der Waals surface area contributed by atoms with Gasteiger partial charge in [0.05, 0.1) is 0 Å². The lowest BCUT2D eigenvalue weighted by Crippen LogP contribution is -2.51. The van der Waals surface area contributed by atoms with Gasteiger partial charge in [0, 0.05) is 5.02 Å². The molecule has 0 aliphatic carbocycles. The molecule has 0 fully saturated rings. The van der Waals surface area contributed by atoms with Crippen LogP contribution in [0.1, 0.15) is 26.3 Å². The second-order valence-corrected chi connectivity index (χ2v) is 5.15. The molecule has 1 unspecified atom stereocenters. The number of benzene rings is 1. The van der Waals surface area contributed by atoms with E-state index in [4.69, 9.17) is 17.3 Å². The molecule has 1 rings (SSSR count). The Balaban J connectivity index is 3.08. The number of nitrogens with two attached hydrogens (primary N) is 1. The van der Waals surface area contributed by atoms with Crippen LogP contribution in [0.4, 0.5) is 0 Å². The molecule has 17 heavy (non-hydrogen) atoms. The summed E-state index contributed by atoms with van der Waals surface area (Å²) in [5.41, 5.74) is 5.29. The third kappa shape index (κ3) is 3.20. The van der Waals surface area contributed by atoms with Crippen molar-refractivity contribution in [3.8, 4) is 0 Å². The van der Waals surface area contributed by atoms with Crippen molar-refractivity contribution < 1.29 is 4.79 Å². The highest BCUT2D eigenvalue weighted by atomic mass is 35.5. The van der Waals surface area contributed by atoms with Crippen LogP contribution in [0.25, 0.3) is 0 Å². The van der Waals surface area contributed by atoms with Crippen molar-refractivity contribution in [3.63, 3.8) is 0 Å². The fourth-order valence-electron chi connectivity index (χ4n) is 1.59. The number of primary amides is 1. The molecule has 0 saturated carbocycles. The first kappa shape index (κ1) is 14.0. The first-order chi connectivity index (χ1) is 7.88. The molecule has 1 aromatic rings. The zero-order chi connectivity index (χ0) is 13.1. The van der Waals surface area contributed by atoms with E-state index in [9.17, 15) is 4.79 Å². The van der Waals surface area contributed by atoms with E-state index in [1.54, 1.807) is 13.0 Å². The highest BCUT2D eigenvalue weighted by molar-refractivity contribution is 6.31. The number of carbonyl (C=O) groups is 1. The summed E-state index contributed by atoms with van der Waals surface area (Å²) in [6, 6.07) is 7.25. The second-order valence-electron chi connectivity index (χ2n) is 4.74. The molecule has 0 aliphatic heterocycles. The first-order valence-corrected chi connectivity index (χ1v) is 6.05. The lowest BCUT2D eigenvalue weighted by Gasteiger charge is -2.29. The molecule has 0 bridgehead atoms. The number of hydrogen-bond acceptors (Lipinski definition) is 2. The maximum absolute atomic E-state index is 11.7. The summed E-state index contributed by atoms with van der Waals surface area (Å²) in [5, 5.41) is 3.74. The maximum Gasteiger partial charge on any atom is 0.242 e. The van der Waals surface area contributed by atoms with Gasteiger partial charge in [0.2, 0.25) is 5.91 Å². The zero-order valence-corrected chi connectivity index (χ0v) is 11.2. The Bertz CT molecular complexity index is 406. The third-order valence-corrected chi connectivity index (χ3v) is 3.10. The highest BCUT2D eigenvalue weighted by Crippen LogP contribution is 2.27. The van der Waals surface area contributed by atoms with Crippen molar-refractivity contribution in [3.05, 3.63) is 34.9 Å². The molecule has 3 nitrogen and oxygen atoms in total. The van der Waals surface area contributed by atoms with Crippen LogP contribution in [-0.2, 0) is 10.3 Å². The molecule has 3 N–H and O–H groups in total. The molecular weight excluding hydrogens is 236 g/mol. The summed E-state index contributed by atoms with van der Waals surface area (Å²) in [7, 11) is 0. The Hall–Kier alpha value is -1.06. The summed E-state index contributed by atoms with van der Waals surface area (Å²) < 4.78 is 0. The van der Waals surface area contributed by atoms with E-state index in [0.717, 1.165) is 5.56 Å². The van der Waals surface area contributed by atoms with E-state index in [-0.39, 0.29) is 0 Å². The minimum atomic E-state index is -0.928. The molecular formula is C13H19ClN2O. The van der Waals surface area contributed by atoms with Gasteiger partial charge >= 0.3 is 0 Å². The molecule has 4 heteroatoms. The van der Waals surface area contributed by atoms with E-state index in [2.05, 4.69) is 19.2 Å². The topological polar surface area (TPSA) is 55.1 Å². The average molecular weight is 255 g/mol. The van der Waals surface area contributed by atoms with Gasteiger partial charge in [0.25, 0.3) is 0 Å². The lowest BCUT2D eigenvalue weighted by atomic mass is 9.90. The van der Waals surface area contributed by atoms with Crippen LogP contribution in [0.15, 0.2) is 24.3 Å². The monoisotopic (exact) mass is 254 g/mol. The van der Waals surface area contributed by atoms with Crippen molar-refractivity contribution in [2.24, 2.45) is 11.7 Å². The van der Waals surface area contributed by atoms with Gasteiger partial charge in [-0.25, -0.2) is 0 Å². The van der Waals surface area contributed by atoms with Gasteiger partial charge in [-0.15, -0.1) is 0 Å². The molecule has 94 valence electrons. The van der Waals surface area contributed by atoms with E-state index in [0.29, 0.717) is 17.5 Å². The fourth-order valence-corrected chi connectivity index (χ4v) is 1.91. The number of halogens is 1. The van der Waals surface area contributed by atoms with Crippen molar-refractivity contribution >= 4 is 17.5 Å². The highest BCUT2D eigenvalue weighted by Gasteiger charge is 2.34. The maximum atomic E-state index is 11.7. The van der Waals surface area contributed by atoms with Gasteiger partial charge in [0.15, 0.2) is 0 Å². The van der Waals surface area contributed by atoms with E-state index in [1.807, 2.05) is 18.2 Å². The molecule has 0 aromatic heterocycles. The molecule has 0 aliphatic rings. The molecule has 0 spiro atoms. The number of carbonyl (C=O) groups excluding carboxylic acids is 1. The number of nitrogens with one attached hydrogen (secondary N) is 1. The van der Waals surface area contributed by atoms with Gasteiger partial charge in [-0.3, -0.25) is 10.1 Å². The Labute approximate surface area is 107 Å². The van der Waals surface area contributed by atoms with Crippen LogP contribution in [0.3, 0.4) is 0 Å². The van der Waals surface area contributed by atoms with Gasteiger partial charge in [0.1, 0.15) is 5.54 Å². The summed E-state index contributed by atoms with van der Waals surface area (Å²) in [4.78, 5) is 11.7. The van der Waals surface area contributed by atoms with E-state index in [1.165, 1.54) is 0 Å². The molecule has 1 aromatic carbocycles. The fraction of sp³-hybridized carbons (Fsp3) is 0.462. The van der Waals surface area contributed by atoms with Crippen LogP contribution < -0.4 is 11.1 Å². The van der Waals surface area contributed by atoms with Crippen LogP contribution >= 0.6 is 11.6 Å². The summed E-state index contributed by atoms with van der Waals surface area (Å²) in [6.07, 6.45) is 0. The van der Waals surface area contributed by atoms with E-state index >= 15 is 0 Å². The van der Waals surface area contributed by atoms with Crippen molar-refractivity contribution in [1.82, 2.24) is 5.32 Å². The van der Waals surface area contributed by atoms with Gasteiger partial charge in [-0.05, 0) is 31.0 Å². The number of hydrogen-bond donors (Lipinski definition) is 2. The van der Waals surface area contributed by atoms with Crippen molar-refractivity contribution in [1.29, 1.82) is 0 Å². The Kier molecular flexibility index (Phi) is 4.54. The largest absolute Gasteiger partial charge is 0.368 e. The predicted octanol–water partition coefficient (Wildman–Crippen LogP) is 2.29. The molecule has 1 atom stereocenters. The van der Waals surface area contributed by atoms with Gasteiger partial charge in [-0.2, -0.15) is 0 Å². The van der Waals surface area contributed by atoms with Crippen molar-refractivity contribution in [2.45, 2.75) is 26.3 Å². The molecule has 0 saturated heterocycles. The molecule has 0 heterocycles. The SMILES string of the molecule is CC(C)CNC(C)(C(N)=O)c1ccccc1Cl. The predicted molar refractivity (Wildman–Crippen MR) is 70.8 cm³/mol. The van der Waals surface area contributed by atoms with E-state index < -0.39 is 11.4 Å². The molecule has 0 radical (unpaired) electrons. The van der Waals surface area contributed by atoms with Crippen LogP contribution in [-0.4, -0.2) is 12.5 Å². The second kappa shape index (κ2) is 5.52. The smallest absolute Gasteiger partial charge is 0.242 e. The quantitative estimate of drug-likeness (QED) is 0.847. The van der Waals surface area contributed by atoms with Gasteiger partial charge < -0.3 is 5.73 Å². The standard InChI is InChI=1S/C13H19ClN2O/c1-9(2)8-16-13(3,12(15)17)10-6-4-5-7-11(10)14/h4-7,9,16H,8H2,1-3H3,(H2,15,17). The van der Waals surface area contributed by atoms with Crippen LogP contribution in [0, 0.1) is 5.92 Å². The summed E-state index contributed by atoms with van der Waals surface area (Å²) >= 11 is 6.12. The van der Waals surface area contributed by atoms with Crippen LogP contribution in [0.2, 0.25) is 5.02 Å². The Morgan fingerprint density at radius 1 is 1.47 bits per heavy atom. The zero-order valence-electron chi connectivity index (χ0n) is 10.5. The summed E-state index contributed by atoms with van der Waals surface area (Å²) in [6.45, 7) is 6.60. The first-order valence-electron chi connectivity index (χ1n) is 5.68. The number of rotatable bonds is 5. The lowest BCUT2D eigenvalue weighted by molar-refractivity contribution is -0.124. The third-order valence-electron chi connectivity index (χ3n) is 2.77. The number of amides is 1. The minimum absolute atomic E-state index is 0.425. The Morgan fingerprint density at radius 3 is 2.53 bits per heavy atom.